The monoisotopic (exact) mass is 70.1 g/mol. The third-order valence-electron chi connectivity index (χ3n) is 0.552. The molecule has 0 atom stereocenters. The second-order valence-corrected chi connectivity index (χ2v) is 1.33. The predicted molar refractivity (Wildman–Crippen MR) is 20.2 cm³/mol. The van der Waals surface area contributed by atoms with Crippen molar-refractivity contribution in [2.75, 3.05) is 0 Å². The highest BCUT2D eigenvalue weighted by molar-refractivity contribution is 5.28. The Bertz CT molecular complexity index is 65.0. The van der Waals surface area contributed by atoms with Gasteiger partial charge in [0.25, 0.3) is 0 Å². The Morgan fingerprint density at radius 2 is 1.40 bits per heavy atom. The highest BCUT2D eigenvalue weighted by Gasteiger charge is 2.20. The van der Waals surface area contributed by atoms with Gasteiger partial charge in [0.1, 0.15) is 5.66 Å². The van der Waals surface area contributed by atoms with E-state index < -0.39 is 5.66 Å². The fourth-order valence-corrected chi connectivity index (χ4v) is 0.0962. The van der Waals surface area contributed by atoms with Crippen molar-refractivity contribution in [3.63, 3.8) is 0 Å². The van der Waals surface area contributed by atoms with E-state index in [0.717, 1.165) is 0 Å². The number of nitrogens with two attached hydrogens (primary N) is 2. The average Bonchev–Trinajstić information content (AvgIpc) is 1.76. The zero-order chi connectivity index (χ0) is 3.91. The van der Waals surface area contributed by atoms with Crippen LogP contribution in [-0.2, 0) is 0 Å². The Labute approximate surface area is 30.5 Å². The van der Waals surface area contributed by atoms with E-state index in [1.165, 1.54) is 0 Å². The molecule has 0 radical (unpaired) electrons. The summed E-state index contributed by atoms with van der Waals surface area (Å²) in [4.78, 5) is 0. The van der Waals surface area contributed by atoms with E-state index in [4.69, 9.17) is 11.5 Å². The summed E-state index contributed by atoms with van der Waals surface area (Å²) in [5, 5.41) is 0. The summed E-state index contributed by atoms with van der Waals surface area (Å²) in [6, 6.07) is 0. The van der Waals surface area contributed by atoms with Crippen LogP contribution in [0.5, 0.6) is 0 Å². The molecular formula is C3H6N2. The standard InChI is InChI=1S/C3H6N2/c4-3(5)1-2-3/h1-2H,4-5H2. The van der Waals surface area contributed by atoms with Crippen molar-refractivity contribution in [1.82, 2.24) is 0 Å². The summed E-state index contributed by atoms with van der Waals surface area (Å²) in [6.45, 7) is 0. The van der Waals surface area contributed by atoms with Crippen LogP contribution in [0.15, 0.2) is 12.2 Å². The molecule has 0 aromatic carbocycles. The lowest BCUT2D eigenvalue weighted by molar-refractivity contribution is 0.791. The lowest BCUT2D eigenvalue weighted by atomic mass is 10.5. The van der Waals surface area contributed by atoms with Gasteiger partial charge < -0.3 is 11.5 Å². The molecule has 0 unspecified atom stereocenters. The molecule has 0 aromatic rings. The minimum Gasteiger partial charge on any atom is -0.307 e. The van der Waals surface area contributed by atoms with Crippen molar-refractivity contribution in [2.45, 2.75) is 5.66 Å². The predicted octanol–water partition coefficient (Wildman–Crippen LogP) is -0.830. The fraction of sp³-hybridized carbons (Fsp3) is 0.333. The highest BCUT2D eigenvalue weighted by atomic mass is 15.0. The third kappa shape index (κ3) is 0.464. The number of hydrogen-bond donors (Lipinski definition) is 2. The van der Waals surface area contributed by atoms with Gasteiger partial charge >= 0.3 is 0 Å². The smallest absolute Gasteiger partial charge is 0.102 e. The van der Waals surface area contributed by atoms with Gasteiger partial charge in [-0.05, 0) is 12.2 Å². The second kappa shape index (κ2) is 0.441. The lowest BCUT2D eigenvalue weighted by Crippen LogP contribution is -2.34. The Hall–Kier alpha value is -0.340. The third-order valence-corrected chi connectivity index (χ3v) is 0.552. The summed E-state index contributed by atoms with van der Waals surface area (Å²) >= 11 is 0. The normalized spacial score (nSPS) is 26.8. The summed E-state index contributed by atoms with van der Waals surface area (Å²) < 4.78 is 0. The van der Waals surface area contributed by atoms with Crippen LogP contribution in [0.4, 0.5) is 0 Å². The minimum absolute atomic E-state index is 0.500. The summed E-state index contributed by atoms with van der Waals surface area (Å²) in [5.41, 5.74) is 9.76. The fourth-order valence-electron chi connectivity index (χ4n) is 0.0962. The van der Waals surface area contributed by atoms with Crippen LogP contribution in [0.1, 0.15) is 0 Å². The van der Waals surface area contributed by atoms with Gasteiger partial charge in [0.15, 0.2) is 0 Å². The minimum atomic E-state index is -0.500. The van der Waals surface area contributed by atoms with Crippen LogP contribution in [0.25, 0.3) is 0 Å². The van der Waals surface area contributed by atoms with Crippen molar-refractivity contribution in [2.24, 2.45) is 11.5 Å². The zero-order valence-corrected chi connectivity index (χ0v) is 2.81. The van der Waals surface area contributed by atoms with Crippen LogP contribution in [0.3, 0.4) is 0 Å². The molecule has 0 bridgehead atoms. The topological polar surface area (TPSA) is 52.0 Å². The van der Waals surface area contributed by atoms with Gasteiger partial charge in [-0.15, -0.1) is 0 Å². The van der Waals surface area contributed by atoms with Crippen LogP contribution in [-0.4, -0.2) is 5.66 Å². The Morgan fingerprint density at radius 1 is 1.20 bits per heavy atom. The van der Waals surface area contributed by atoms with Crippen molar-refractivity contribution in [3.8, 4) is 0 Å². The first-order chi connectivity index (χ1) is 2.21. The maximum Gasteiger partial charge on any atom is 0.102 e. The number of rotatable bonds is 0. The molecule has 0 aromatic heterocycles. The van der Waals surface area contributed by atoms with Gasteiger partial charge in [-0.3, -0.25) is 0 Å². The van der Waals surface area contributed by atoms with E-state index in [-0.39, 0.29) is 0 Å². The molecule has 0 saturated carbocycles. The molecule has 1 aliphatic rings. The van der Waals surface area contributed by atoms with E-state index >= 15 is 0 Å². The van der Waals surface area contributed by atoms with Crippen molar-refractivity contribution >= 4 is 0 Å². The molecule has 0 saturated heterocycles. The largest absolute Gasteiger partial charge is 0.307 e. The van der Waals surface area contributed by atoms with Crippen molar-refractivity contribution in [1.29, 1.82) is 0 Å². The van der Waals surface area contributed by atoms with Gasteiger partial charge in [0.05, 0.1) is 0 Å². The molecule has 1 rings (SSSR count). The molecule has 0 heterocycles. The molecule has 0 amide bonds. The van der Waals surface area contributed by atoms with E-state index in [2.05, 4.69) is 0 Å². The SMILES string of the molecule is NC1(N)C=C1. The van der Waals surface area contributed by atoms with Crippen LogP contribution >= 0.6 is 0 Å². The lowest BCUT2D eigenvalue weighted by Gasteiger charge is -1.92. The molecule has 1 aliphatic carbocycles. The maximum atomic E-state index is 5.13. The molecule has 0 fully saturated rings. The quantitative estimate of drug-likeness (QED) is 0.289. The van der Waals surface area contributed by atoms with Crippen LogP contribution in [0.2, 0.25) is 0 Å². The highest BCUT2D eigenvalue weighted by Crippen LogP contribution is 2.08. The molecule has 0 aliphatic heterocycles. The van der Waals surface area contributed by atoms with Gasteiger partial charge in [-0.2, -0.15) is 0 Å². The molecule has 0 spiro atoms. The van der Waals surface area contributed by atoms with E-state index in [9.17, 15) is 0 Å². The van der Waals surface area contributed by atoms with Crippen LogP contribution in [0, 0.1) is 0 Å². The summed E-state index contributed by atoms with van der Waals surface area (Å²) in [5.74, 6) is 0. The summed E-state index contributed by atoms with van der Waals surface area (Å²) in [7, 11) is 0. The first-order valence-electron chi connectivity index (χ1n) is 1.49. The van der Waals surface area contributed by atoms with Crippen LogP contribution < -0.4 is 11.5 Å². The summed E-state index contributed by atoms with van der Waals surface area (Å²) in [6.07, 6.45) is 3.49. The zero-order valence-electron chi connectivity index (χ0n) is 2.81. The molecular weight excluding hydrogens is 64.0 g/mol. The Balaban J connectivity index is 2.47. The van der Waals surface area contributed by atoms with Crippen molar-refractivity contribution < 1.29 is 0 Å². The molecule has 28 valence electrons. The Kier molecular flexibility index (Phi) is 0.254. The van der Waals surface area contributed by atoms with E-state index in [1.54, 1.807) is 12.2 Å². The Morgan fingerprint density at radius 3 is 1.40 bits per heavy atom. The molecule has 2 heteroatoms. The van der Waals surface area contributed by atoms with E-state index in [0.29, 0.717) is 0 Å². The molecule has 2 nitrogen and oxygen atoms in total. The molecule has 4 N–H and O–H groups in total. The van der Waals surface area contributed by atoms with Gasteiger partial charge in [0.2, 0.25) is 0 Å². The second-order valence-electron chi connectivity index (χ2n) is 1.33. The van der Waals surface area contributed by atoms with E-state index in [1.807, 2.05) is 0 Å². The first-order valence-corrected chi connectivity index (χ1v) is 1.49. The van der Waals surface area contributed by atoms with Crippen molar-refractivity contribution in [3.05, 3.63) is 12.2 Å². The number of hydrogen-bond acceptors (Lipinski definition) is 2. The van der Waals surface area contributed by atoms with Gasteiger partial charge in [-0.25, -0.2) is 0 Å². The molecule has 5 heavy (non-hydrogen) atoms. The average molecular weight is 70.1 g/mol. The van der Waals surface area contributed by atoms with Gasteiger partial charge in [-0.1, -0.05) is 0 Å². The van der Waals surface area contributed by atoms with Gasteiger partial charge in [0, 0.05) is 0 Å². The first kappa shape index (κ1) is 2.87. The maximum absolute atomic E-state index is 5.13.